The Labute approximate surface area is 121 Å². The molecule has 0 aliphatic carbocycles. The van der Waals surface area contributed by atoms with Gasteiger partial charge in [0.1, 0.15) is 0 Å². The number of rotatable bonds is 5. The van der Waals surface area contributed by atoms with Crippen molar-refractivity contribution >= 4 is 17.3 Å². The van der Waals surface area contributed by atoms with Gasteiger partial charge in [-0.3, -0.25) is 4.79 Å². The lowest BCUT2D eigenvalue weighted by atomic mass is 9.96. The maximum Gasteiger partial charge on any atom is 0.244 e. The zero-order valence-corrected chi connectivity index (χ0v) is 12.5. The third-order valence-corrected chi connectivity index (χ3v) is 3.86. The van der Waals surface area contributed by atoms with Crippen LogP contribution in [0.4, 0.5) is 11.4 Å². The van der Waals surface area contributed by atoms with Crippen LogP contribution in [-0.2, 0) is 4.79 Å². The molecule has 1 heterocycles. The molecule has 1 atom stereocenters. The minimum absolute atomic E-state index is 0.113. The second-order valence-electron chi connectivity index (χ2n) is 5.87. The van der Waals surface area contributed by atoms with Gasteiger partial charge in [0.2, 0.25) is 5.91 Å². The third-order valence-electron chi connectivity index (χ3n) is 3.86. The summed E-state index contributed by atoms with van der Waals surface area (Å²) >= 11 is 0. The van der Waals surface area contributed by atoms with E-state index in [1.165, 1.54) is 18.5 Å². The van der Waals surface area contributed by atoms with Gasteiger partial charge < -0.3 is 16.0 Å². The molecule has 0 radical (unpaired) electrons. The number of hydrogen-bond acceptors (Lipinski definition) is 3. The first-order valence-electron chi connectivity index (χ1n) is 7.48. The van der Waals surface area contributed by atoms with E-state index in [4.69, 9.17) is 5.73 Å². The highest BCUT2D eigenvalue weighted by Gasteiger charge is 2.27. The van der Waals surface area contributed by atoms with E-state index in [-0.39, 0.29) is 5.91 Å². The molecule has 1 aromatic carbocycles. The van der Waals surface area contributed by atoms with Crippen molar-refractivity contribution in [2.45, 2.75) is 45.1 Å². The van der Waals surface area contributed by atoms with Crippen LogP contribution in [0.2, 0.25) is 0 Å². The fraction of sp³-hybridized carbons (Fsp3) is 0.562. The lowest BCUT2D eigenvalue weighted by molar-refractivity contribution is -0.120. The Morgan fingerprint density at radius 3 is 2.75 bits per heavy atom. The molecule has 1 fully saturated rings. The number of carbonyl (C=O) groups is 1. The summed E-state index contributed by atoms with van der Waals surface area (Å²) in [5.41, 5.74) is 7.25. The van der Waals surface area contributed by atoms with Crippen molar-refractivity contribution in [3.63, 3.8) is 0 Å². The zero-order valence-electron chi connectivity index (χ0n) is 12.5. The van der Waals surface area contributed by atoms with Crippen molar-refractivity contribution in [3.05, 3.63) is 24.3 Å². The second-order valence-corrected chi connectivity index (χ2v) is 5.87. The van der Waals surface area contributed by atoms with Crippen LogP contribution in [0.1, 0.15) is 39.5 Å². The van der Waals surface area contributed by atoms with Crippen LogP contribution in [-0.4, -0.2) is 24.5 Å². The van der Waals surface area contributed by atoms with E-state index < -0.39 is 5.54 Å². The van der Waals surface area contributed by atoms with Gasteiger partial charge in [0.05, 0.1) is 5.54 Å². The van der Waals surface area contributed by atoms with Crippen LogP contribution in [0.15, 0.2) is 24.3 Å². The monoisotopic (exact) mass is 275 g/mol. The van der Waals surface area contributed by atoms with E-state index in [0.29, 0.717) is 6.42 Å². The number of anilines is 2. The average Bonchev–Trinajstić information content (AvgIpc) is 2.93. The van der Waals surface area contributed by atoms with Crippen LogP contribution in [0.3, 0.4) is 0 Å². The van der Waals surface area contributed by atoms with Gasteiger partial charge in [-0.1, -0.05) is 19.4 Å². The Bertz CT molecular complexity index is 465. The molecule has 4 nitrogen and oxygen atoms in total. The van der Waals surface area contributed by atoms with Crippen LogP contribution in [0.25, 0.3) is 0 Å². The summed E-state index contributed by atoms with van der Waals surface area (Å²) in [6, 6.07) is 8.02. The topological polar surface area (TPSA) is 58.4 Å². The van der Waals surface area contributed by atoms with Gasteiger partial charge in [-0.15, -0.1) is 0 Å². The summed E-state index contributed by atoms with van der Waals surface area (Å²) in [7, 11) is 0. The normalized spacial score (nSPS) is 17.9. The number of nitrogens with two attached hydrogens (primary N) is 1. The van der Waals surface area contributed by atoms with Crippen LogP contribution in [0, 0.1) is 0 Å². The first kappa shape index (κ1) is 14.9. The van der Waals surface area contributed by atoms with E-state index in [0.717, 1.165) is 25.2 Å². The van der Waals surface area contributed by atoms with Crippen molar-refractivity contribution in [2.24, 2.45) is 5.73 Å². The smallest absolute Gasteiger partial charge is 0.244 e. The molecule has 20 heavy (non-hydrogen) atoms. The Morgan fingerprint density at radius 1 is 1.40 bits per heavy atom. The van der Waals surface area contributed by atoms with Crippen molar-refractivity contribution in [1.82, 2.24) is 0 Å². The molecule has 4 heteroatoms. The van der Waals surface area contributed by atoms with E-state index >= 15 is 0 Å². The molecule has 0 bridgehead atoms. The lowest BCUT2D eigenvalue weighted by Crippen LogP contribution is -2.48. The maximum atomic E-state index is 12.2. The quantitative estimate of drug-likeness (QED) is 0.868. The fourth-order valence-corrected chi connectivity index (χ4v) is 2.66. The minimum atomic E-state index is -0.807. The van der Waals surface area contributed by atoms with Crippen molar-refractivity contribution in [2.75, 3.05) is 23.3 Å². The van der Waals surface area contributed by atoms with E-state index in [1.54, 1.807) is 6.92 Å². The summed E-state index contributed by atoms with van der Waals surface area (Å²) in [5.74, 6) is -0.113. The SMILES string of the molecule is CCC[C@](C)(N)C(=O)Nc1cccc(N2CCCC2)c1. The van der Waals surface area contributed by atoms with Gasteiger partial charge in [0, 0.05) is 24.5 Å². The fourth-order valence-electron chi connectivity index (χ4n) is 2.66. The molecular weight excluding hydrogens is 250 g/mol. The number of benzene rings is 1. The number of nitrogens with one attached hydrogen (secondary N) is 1. The minimum Gasteiger partial charge on any atom is -0.371 e. The number of hydrogen-bond donors (Lipinski definition) is 2. The molecule has 1 saturated heterocycles. The van der Waals surface area contributed by atoms with Crippen molar-refractivity contribution < 1.29 is 4.79 Å². The van der Waals surface area contributed by atoms with Gasteiger partial charge in [-0.25, -0.2) is 0 Å². The Hall–Kier alpha value is -1.55. The number of nitrogens with zero attached hydrogens (tertiary/aromatic N) is 1. The molecule has 1 amide bonds. The standard InChI is InChI=1S/C16H25N3O/c1-3-9-16(2,17)15(20)18-13-7-6-8-14(12-13)19-10-4-5-11-19/h6-8,12H,3-5,9-11,17H2,1-2H3,(H,18,20)/t16-/m0/s1. The highest BCUT2D eigenvalue weighted by atomic mass is 16.2. The Kier molecular flexibility index (Phi) is 4.65. The summed E-state index contributed by atoms with van der Waals surface area (Å²) < 4.78 is 0. The lowest BCUT2D eigenvalue weighted by Gasteiger charge is -2.23. The van der Waals surface area contributed by atoms with Crippen molar-refractivity contribution in [1.29, 1.82) is 0 Å². The summed E-state index contributed by atoms with van der Waals surface area (Å²) in [5, 5.41) is 2.94. The Morgan fingerprint density at radius 2 is 2.10 bits per heavy atom. The van der Waals surface area contributed by atoms with Gasteiger partial charge in [-0.05, 0) is 44.4 Å². The summed E-state index contributed by atoms with van der Waals surface area (Å²) in [6.45, 7) is 6.02. The van der Waals surface area contributed by atoms with Crippen LogP contribution in [0.5, 0.6) is 0 Å². The van der Waals surface area contributed by atoms with Crippen molar-refractivity contribution in [3.8, 4) is 0 Å². The zero-order chi connectivity index (χ0) is 14.6. The number of carbonyl (C=O) groups excluding carboxylic acids is 1. The summed E-state index contributed by atoms with van der Waals surface area (Å²) in [4.78, 5) is 14.6. The molecule has 2 rings (SSSR count). The van der Waals surface area contributed by atoms with E-state index in [1.807, 2.05) is 25.1 Å². The first-order chi connectivity index (χ1) is 9.53. The van der Waals surface area contributed by atoms with Gasteiger partial charge in [-0.2, -0.15) is 0 Å². The molecule has 1 aliphatic heterocycles. The molecule has 1 aliphatic rings. The van der Waals surface area contributed by atoms with E-state index in [9.17, 15) is 4.79 Å². The molecule has 0 spiro atoms. The average molecular weight is 275 g/mol. The largest absolute Gasteiger partial charge is 0.371 e. The number of amides is 1. The summed E-state index contributed by atoms with van der Waals surface area (Å²) in [6.07, 6.45) is 4.07. The molecule has 0 saturated carbocycles. The molecule has 3 N–H and O–H groups in total. The second kappa shape index (κ2) is 6.27. The molecular formula is C16H25N3O. The van der Waals surface area contributed by atoms with Gasteiger partial charge in [0.15, 0.2) is 0 Å². The molecule has 0 aromatic heterocycles. The van der Waals surface area contributed by atoms with Gasteiger partial charge in [0.25, 0.3) is 0 Å². The highest BCUT2D eigenvalue weighted by molar-refractivity contribution is 5.97. The third kappa shape index (κ3) is 3.51. The van der Waals surface area contributed by atoms with Crippen LogP contribution < -0.4 is 16.0 Å². The molecule has 1 aromatic rings. The first-order valence-corrected chi connectivity index (χ1v) is 7.48. The predicted octanol–water partition coefficient (Wildman–Crippen LogP) is 2.74. The predicted molar refractivity (Wildman–Crippen MR) is 84.0 cm³/mol. The van der Waals surface area contributed by atoms with Gasteiger partial charge >= 0.3 is 0 Å². The highest BCUT2D eigenvalue weighted by Crippen LogP contribution is 2.24. The van der Waals surface area contributed by atoms with Crippen LogP contribution >= 0.6 is 0 Å². The maximum absolute atomic E-state index is 12.2. The molecule has 110 valence electrons. The Balaban J connectivity index is 2.06. The van der Waals surface area contributed by atoms with E-state index in [2.05, 4.69) is 16.3 Å². The molecule has 0 unspecified atom stereocenters.